The van der Waals surface area contributed by atoms with E-state index in [-0.39, 0.29) is 6.04 Å². The minimum absolute atomic E-state index is 0.132. The molecule has 3 heteroatoms. The summed E-state index contributed by atoms with van der Waals surface area (Å²) in [6.07, 6.45) is 0.864. The number of nitrogens with two attached hydrogens (primary N) is 1. The summed E-state index contributed by atoms with van der Waals surface area (Å²) in [6, 6.07) is 2.22. The Hall–Kier alpha value is -0.0500. The minimum atomic E-state index is 0.132. The Morgan fingerprint density at radius 1 is 1.73 bits per heavy atom. The average molecular weight is 190 g/mol. The third-order valence-corrected chi connectivity index (χ3v) is 3.03. The predicted octanol–water partition coefficient (Wildman–Crippen LogP) is 2.69. The molecule has 1 rings (SSSR count). The van der Waals surface area contributed by atoms with Crippen molar-refractivity contribution >= 4 is 22.9 Å². The van der Waals surface area contributed by atoms with Gasteiger partial charge < -0.3 is 5.73 Å². The summed E-state index contributed by atoms with van der Waals surface area (Å²) in [6.45, 7) is 2.08. The number of hydrogen-bond donors (Lipinski definition) is 1. The van der Waals surface area contributed by atoms with Crippen molar-refractivity contribution in [2.24, 2.45) is 5.73 Å². The maximum Gasteiger partial charge on any atom is 0.0403 e. The van der Waals surface area contributed by atoms with Gasteiger partial charge in [-0.3, -0.25) is 0 Å². The lowest BCUT2D eigenvalue weighted by molar-refractivity contribution is 0.712. The normalized spacial score (nSPS) is 13.4. The summed E-state index contributed by atoms with van der Waals surface area (Å²) in [7, 11) is 0. The first-order valence-corrected chi connectivity index (χ1v) is 5.02. The summed E-state index contributed by atoms with van der Waals surface area (Å²) in [4.78, 5) is 1.27. The standard InChI is InChI=1S/C8H12ClNS/c1-6-3-5-11-8(6)7(10)2-4-9/h3,5,7H,2,4,10H2,1H3. The fraction of sp³-hybridized carbons (Fsp3) is 0.500. The molecule has 1 aromatic heterocycles. The molecule has 0 saturated heterocycles. The molecular weight excluding hydrogens is 178 g/mol. The molecule has 1 heterocycles. The van der Waals surface area contributed by atoms with Gasteiger partial charge in [0.25, 0.3) is 0 Å². The number of aryl methyl sites for hydroxylation is 1. The Morgan fingerprint density at radius 2 is 2.45 bits per heavy atom. The second-order valence-corrected chi connectivity index (χ2v) is 3.88. The van der Waals surface area contributed by atoms with Crippen molar-refractivity contribution in [1.29, 1.82) is 0 Å². The SMILES string of the molecule is Cc1ccsc1C(N)CCCl. The molecule has 11 heavy (non-hydrogen) atoms. The van der Waals surface area contributed by atoms with Gasteiger partial charge in [0, 0.05) is 16.8 Å². The van der Waals surface area contributed by atoms with Crippen LogP contribution in [0.4, 0.5) is 0 Å². The summed E-state index contributed by atoms with van der Waals surface area (Å²) in [5, 5.41) is 2.07. The number of hydrogen-bond acceptors (Lipinski definition) is 2. The molecule has 0 saturated carbocycles. The van der Waals surface area contributed by atoms with Gasteiger partial charge in [0.2, 0.25) is 0 Å². The van der Waals surface area contributed by atoms with Gasteiger partial charge in [-0.15, -0.1) is 22.9 Å². The molecule has 62 valence electrons. The fourth-order valence-corrected chi connectivity index (χ4v) is 2.21. The second kappa shape index (κ2) is 4.10. The average Bonchev–Trinajstić information content (AvgIpc) is 2.36. The first-order chi connectivity index (χ1) is 5.25. The molecule has 0 aliphatic carbocycles. The maximum absolute atomic E-state index is 5.88. The van der Waals surface area contributed by atoms with E-state index in [4.69, 9.17) is 17.3 Å². The monoisotopic (exact) mass is 189 g/mol. The summed E-state index contributed by atoms with van der Waals surface area (Å²) in [5.74, 6) is 0.637. The van der Waals surface area contributed by atoms with E-state index in [2.05, 4.69) is 18.4 Å². The quantitative estimate of drug-likeness (QED) is 0.728. The van der Waals surface area contributed by atoms with Gasteiger partial charge in [-0.2, -0.15) is 0 Å². The summed E-state index contributed by atoms with van der Waals surface area (Å²) < 4.78 is 0. The second-order valence-electron chi connectivity index (χ2n) is 2.55. The van der Waals surface area contributed by atoms with Gasteiger partial charge in [-0.05, 0) is 30.4 Å². The van der Waals surface area contributed by atoms with Crippen molar-refractivity contribution in [2.45, 2.75) is 19.4 Å². The van der Waals surface area contributed by atoms with Crippen molar-refractivity contribution in [3.8, 4) is 0 Å². The first-order valence-electron chi connectivity index (χ1n) is 3.61. The van der Waals surface area contributed by atoms with Crippen molar-refractivity contribution in [1.82, 2.24) is 0 Å². The van der Waals surface area contributed by atoms with Crippen LogP contribution in [0.2, 0.25) is 0 Å². The molecule has 0 radical (unpaired) electrons. The summed E-state index contributed by atoms with van der Waals surface area (Å²) >= 11 is 7.30. The van der Waals surface area contributed by atoms with Gasteiger partial charge in [-0.25, -0.2) is 0 Å². The highest BCUT2D eigenvalue weighted by molar-refractivity contribution is 7.10. The highest BCUT2D eigenvalue weighted by Crippen LogP contribution is 2.24. The fourth-order valence-electron chi connectivity index (χ4n) is 1.01. The smallest absolute Gasteiger partial charge is 0.0403 e. The van der Waals surface area contributed by atoms with Crippen LogP contribution in [-0.2, 0) is 0 Å². The molecule has 0 aliphatic heterocycles. The third-order valence-electron chi connectivity index (χ3n) is 1.66. The number of rotatable bonds is 3. The van der Waals surface area contributed by atoms with Gasteiger partial charge in [0.1, 0.15) is 0 Å². The van der Waals surface area contributed by atoms with E-state index < -0.39 is 0 Å². The molecule has 0 fully saturated rings. The van der Waals surface area contributed by atoms with Crippen molar-refractivity contribution < 1.29 is 0 Å². The van der Waals surface area contributed by atoms with E-state index in [1.165, 1.54) is 10.4 Å². The van der Waals surface area contributed by atoms with E-state index in [9.17, 15) is 0 Å². The summed E-state index contributed by atoms with van der Waals surface area (Å²) in [5.41, 5.74) is 7.16. The van der Waals surface area contributed by atoms with Crippen LogP contribution in [0, 0.1) is 6.92 Å². The van der Waals surface area contributed by atoms with E-state index >= 15 is 0 Å². The largest absolute Gasteiger partial charge is 0.323 e. The lowest BCUT2D eigenvalue weighted by atomic mass is 10.1. The Balaban J connectivity index is 2.67. The first kappa shape index (κ1) is 9.04. The van der Waals surface area contributed by atoms with E-state index in [0.717, 1.165) is 6.42 Å². The van der Waals surface area contributed by atoms with Crippen LogP contribution < -0.4 is 5.73 Å². The van der Waals surface area contributed by atoms with Crippen LogP contribution in [0.25, 0.3) is 0 Å². The maximum atomic E-state index is 5.88. The van der Waals surface area contributed by atoms with Crippen molar-refractivity contribution in [3.63, 3.8) is 0 Å². The third kappa shape index (κ3) is 2.19. The molecule has 0 aliphatic rings. The van der Waals surface area contributed by atoms with Crippen LogP contribution in [0.3, 0.4) is 0 Å². The van der Waals surface area contributed by atoms with Crippen molar-refractivity contribution in [2.75, 3.05) is 5.88 Å². The molecule has 1 atom stereocenters. The van der Waals surface area contributed by atoms with Gasteiger partial charge in [0.15, 0.2) is 0 Å². The molecule has 1 nitrogen and oxygen atoms in total. The van der Waals surface area contributed by atoms with E-state index in [1.807, 2.05) is 0 Å². The molecule has 0 bridgehead atoms. The molecule has 1 unspecified atom stereocenters. The van der Waals surface area contributed by atoms with E-state index in [0.29, 0.717) is 5.88 Å². The zero-order chi connectivity index (χ0) is 8.27. The molecule has 0 amide bonds. The Morgan fingerprint density at radius 3 is 2.91 bits per heavy atom. The van der Waals surface area contributed by atoms with Gasteiger partial charge in [-0.1, -0.05) is 0 Å². The highest BCUT2D eigenvalue weighted by Gasteiger charge is 2.08. The minimum Gasteiger partial charge on any atom is -0.323 e. The zero-order valence-electron chi connectivity index (χ0n) is 6.51. The zero-order valence-corrected chi connectivity index (χ0v) is 8.08. The van der Waals surface area contributed by atoms with Crippen LogP contribution in [0.5, 0.6) is 0 Å². The number of alkyl halides is 1. The van der Waals surface area contributed by atoms with Crippen LogP contribution in [0.15, 0.2) is 11.4 Å². The van der Waals surface area contributed by atoms with Gasteiger partial charge >= 0.3 is 0 Å². The molecular formula is C8H12ClNS. The predicted molar refractivity (Wildman–Crippen MR) is 51.3 cm³/mol. The lowest BCUT2D eigenvalue weighted by Crippen LogP contribution is -2.09. The highest BCUT2D eigenvalue weighted by atomic mass is 35.5. The van der Waals surface area contributed by atoms with Crippen LogP contribution >= 0.6 is 22.9 Å². The number of thiophene rings is 1. The molecule has 1 aromatic rings. The van der Waals surface area contributed by atoms with Crippen LogP contribution in [0.1, 0.15) is 22.9 Å². The Bertz CT molecular complexity index is 222. The van der Waals surface area contributed by atoms with E-state index in [1.54, 1.807) is 11.3 Å². The van der Waals surface area contributed by atoms with Crippen molar-refractivity contribution in [3.05, 3.63) is 21.9 Å². The molecule has 0 aromatic carbocycles. The molecule has 2 N–H and O–H groups in total. The Labute approximate surface area is 76.2 Å². The lowest BCUT2D eigenvalue weighted by Gasteiger charge is -2.07. The Kier molecular flexibility index (Phi) is 3.37. The van der Waals surface area contributed by atoms with Crippen LogP contribution in [-0.4, -0.2) is 5.88 Å². The number of halogens is 1. The molecule has 0 spiro atoms. The van der Waals surface area contributed by atoms with Gasteiger partial charge in [0.05, 0.1) is 0 Å². The topological polar surface area (TPSA) is 26.0 Å².